The number of amides is 2. The highest BCUT2D eigenvalue weighted by atomic mass is 19.1. The van der Waals surface area contributed by atoms with Crippen molar-refractivity contribution in [1.29, 1.82) is 0 Å². The Kier molecular flexibility index (Phi) is 5.43. The third-order valence-corrected chi connectivity index (χ3v) is 3.66. The lowest BCUT2D eigenvalue weighted by molar-refractivity contribution is -0.387. The molecule has 0 radical (unpaired) electrons. The molecule has 0 N–H and O–H groups in total. The molecule has 2 amide bonds. The number of hydrogen-bond acceptors (Lipinski definition) is 5. The summed E-state index contributed by atoms with van der Waals surface area (Å²) in [7, 11) is 0. The number of ether oxygens (including phenoxy) is 1. The van der Waals surface area contributed by atoms with Crippen LogP contribution in [0.2, 0.25) is 0 Å². The van der Waals surface area contributed by atoms with Gasteiger partial charge in [0.05, 0.1) is 16.6 Å². The fraction of sp³-hybridized carbons (Fsp3) is 0.500. The summed E-state index contributed by atoms with van der Waals surface area (Å²) < 4.78 is 32.9. The van der Waals surface area contributed by atoms with Crippen molar-refractivity contribution in [1.82, 2.24) is 9.80 Å². The Morgan fingerprint density at radius 1 is 1.12 bits per heavy atom. The highest BCUT2D eigenvalue weighted by Crippen LogP contribution is 2.24. The first-order valence-corrected chi connectivity index (χ1v) is 7.90. The summed E-state index contributed by atoms with van der Waals surface area (Å²) in [6.45, 7) is 5.63. The number of nitro benzene ring substituents is 1. The van der Waals surface area contributed by atoms with Crippen molar-refractivity contribution >= 4 is 17.7 Å². The fourth-order valence-electron chi connectivity index (χ4n) is 2.45. The van der Waals surface area contributed by atoms with Crippen LogP contribution in [-0.2, 0) is 4.74 Å². The highest BCUT2D eigenvalue weighted by molar-refractivity contribution is 5.95. The largest absolute Gasteiger partial charge is 0.444 e. The van der Waals surface area contributed by atoms with E-state index in [9.17, 15) is 28.5 Å². The van der Waals surface area contributed by atoms with E-state index in [2.05, 4.69) is 0 Å². The number of carbonyl (C=O) groups is 2. The second kappa shape index (κ2) is 7.22. The van der Waals surface area contributed by atoms with Crippen molar-refractivity contribution in [3.05, 3.63) is 39.4 Å². The molecule has 0 aromatic heterocycles. The van der Waals surface area contributed by atoms with Gasteiger partial charge in [-0.1, -0.05) is 0 Å². The van der Waals surface area contributed by atoms with Gasteiger partial charge in [0, 0.05) is 26.2 Å². The Labute approximate surface area is 148 Å². The van der Waals surface area contributed by atoms with E-state index in [1.807, 2.05) is 0 Å². The predicted molar refractivity (Wildman–Crippen MR) is 86.7 cm³/mol. The van der Waals surface area contributed by atoms with Crippen LogP contribution in [0, 0.1) is 21.7 Å². The van der Waals surface area contributed by atoms with Gasteiger partial charge in [-0.05, 0) is 26.8 Å². The van der Waals surface area contributed by atoms with E-state index < -0.39 is 45.4 Å². The lowest BCUT2D eigenvalue weighted by atomic mass is 10.1. The number of benzene rings is 1. The summed E-state index contributed by atoms with van der Waals surface area (Å²) in [5.74, 6) is -3.32. The Hall–Kier alpha value is -2.78. The molecule has 1 saturated heterocycles. The Morgan fingerprint density at radius 2 is 1.65 bits per heavy atom. The zero-order valence-electron chi connectivity index (χ0n) is 14.6. The van der Waals surface area contributed by atoms with Crippen LogP contribution in [0.3, 0.4) is 0 Å². The maximum absolute atomic E-state index is 14.2. The van der Waals surface area contributed by atoms with Crippen LogP contribution in [0.25, 0.3) is 0 Å². The van der Waals surface area contributed by atoms with Crippen LogP contribution in [0.1, 0.15) is 31.1 Å². The van der Waals surface area contributed by atoms with E-state index >= 15 is 0 Å². The third kappa shape index (κ3) is 4.44. The average Bonchev–Trinajstić information content (AvgIpc) is 2.54. The number of piperazine rings is 1. The van der Waals surface area contributed by atoms with Crippen LogP contribution >= 0.6 is 0 Å². The minimum Gasteiger partial charge on any atom is -0.444 e. The molecular weight excluding hydrogens is 352 g/mol. The summed E-state index contributed by atoms with van der Waals surface area (Å²) in [5.41, 5.74) is -2.46. The summed E-state index contributed by atoms with van der Waals surface area (Å²) in [6, 6.07) is 1.05. The molecule has 1 heterocycles. The van der Waals surface area contributed by atoms with E-state index in [1.165, 1.54) is 9.80 Å². The van der Waals surface area contributed by atoms with Crippen LogP contribution in [0.15, 0.2) is 12.1 Å². The molecule has 1 aliphatic rings. The number of nitrogens with zero attached hydrogens (tertiary/aromatic N) is 3. The standard InChI is InChI=1S/C16H19F2N3O5/c1-16(2,3)26-15(23)20-6-4-19(5-7-20)14(22)11-8-10(17)9-12(13(11)18)21(24)25/h8-9H,4-7H2,1-3H3. The minimum atomic E-state index is -1.38. The van der Waals surface area contributed by atoms with Gasteiger partial charge in [0.1, 0.15) is 11.4 Å². The van der Waals surface area contributed by atoms with Gasteiger partial charge in [-0.3, -0.25) is 14.9 Å². The molecule has 1 aliphatic heterocycles. The molecule has 142 valence electrons. The van der Waals surface area contributed by atoms with Gasteiger partial charge in [-0.15, -0.1) is 0 Å². The first kappa shape index (κ1) is 19.5. The molecule has 0 spiro atoms. The first-order chi connectivity index (χ1) is 12.0. The van der Waals surface area contributed by atoms with Crippen molar-refractivity contribution in [3.63, 3.8) is 0 Å². The lowest BCUT2D eigenvalue weighted by Gasteiger charge is -2.35. The number of carbonyl (C=O) groups excluding carboxylic acids is 2. The molecule has 1 aromatic rings. The molecule has 8 nitrogen and oxygen atoms in total. The molecule has 0 aliphatic carbocycles. The molecule has 2 rings (SSSR count). The van der Waals surface area contributed by atoms with Crippen LogP contribution < -0.4 is 0 Å². The lowest BCUT2D eigenvalue weighted by Crippen LogP contribution is -2.51. The Bertz CT molecular complexity index is 740. The summed E-state index contributed by atoms with van der Waals surface area (Å²) >= 11 is 0. The van der Waals surface area contributed by atoms with E-state index in [-0.39, 0.29) is 26.2 Å². The maximum Gasteiger partial charge on any atom is 0.410 e. The van der Waals surface area contributed by atoms with E-state index in [0.717, 1.165) is 0 Å². The normalized spacial score (nSPS) is 15.0. The molecule has 0 atom stereocenters. The molecule has 0 saturated carbocycles. The topological polar surface area (TPSA) is 93.0 Å². The number of halogens is 2. The fourth-order valence-corrected chi connectivity index (χ4v) is 2.45. The summed E-state index contributed by atoms with van der Waals surface area (Å²) in [5, 5.41) is 10.8. The quantitative estimate of drug-likeness (QED) is 0.588. The first-order valence-electron chi connectivity index (χ1n) is 7.90. The average molecular weight is 371 g/mol. The summed E-state index contributed by atoms with van der Waals surface area (Å²) in [6.07, 6.45) is -0.530. The molecule has 1 aromatic carbocycles. The van der Waals surface area contributed by atoms with Crippen LogP contribution in [0.5, 0.6) is 0 Å². The second-order valence-corrected chi connectivity index (χ2v) is 6.80. The van der Waals surface area contributed by atoms with E-state index in [0.29, 0.717) is 12.1 Å². The van der Waals surface area contributed by atoms with Crippen molar-refractivity contribution in [3.8, 4) is 0 Å². The SMILES string of the molecule is CC(C)(C)OC(=O)N1CCN(C(=O)c2cc(F)cc([N+](=O)[O-])c2F)CC1. The van der Waals surface area contributed by atoms with Gasteiger partial charge in [0.2, 0.25) is 5.82 Å². The monoisotopic (exact) mass is 371 g/mol. The van der Waals surface area contributed by atoms with E-state index in [1.54, 1.807) is 20.8 Å². The number of nitro groups is 1. The van der Waals surface area contributed by atoms with E-state index in [4.69, 9.17) is 4.74 Å². The van der Waals surface area contributed by atoms with Crippen molar-refractivity contribution < 1.29 is 28.0 Å². The van der Waals surface area contributed by atoms with Crippen LogP contribution in [-0.4, -0.2) is 58.5 Å². The van der Waals surface area contributed by atoms with Crippen molar-refractivity contribution in [2.45, 2.75) is 26.4 Å². The minimum absolute atomic E-state index is 0.0713. The third-order valence-electron chi connectivity index (χ3n) is 3.66. The van der Waals surface area contributed by atoms with Gasteiger partial charge in [0.25, 0.3) is 5.91 Å². The molecular formula is C16H19F2N3O5. The number of rotatable bonds is 2. The van der Waals surface area contributed by atoms with Gasteiger partial charge in [0.15, 0.2) is 0 Å². The molecule has 0 unspecified atom stereocenters. The molecule has 10 heteroatoms. The van der Waals surface area contributed by atoms with Crippen molar-refractivity contribution in [2.75, 3.05) is 26.2 Å². The molecule has 0 bridgehead atoms. The zero-order chi connectivity index (χ0) is 19.6. The summed E-state index contributed by atoms with van der Waals surface area (Å²) in [4.78, 5) is 36.7. The Balaban J connectivity index is 2.10. The van der Waals surface area contributed by atoms with Gasteiger partial charge >= 0.3 is 11.8 Å². The predicted octanol–water partition coefficient (Wildman–Crippen LogP) is 2.57. The molecule has 1 fully saturated rings. The smallest absolute Gasteiger partial charge is 0.410 e. The van der Waals surface area contributed by atoms with Gasteiger partial charge in [-0.25, -0.2) is 9.18 Å². The van der Waals surface area contributed by atoms with Crippen molar-refractivity contribution in [2.24, 2.45) is 0 Å². The Morgan fingerprint density at radius 3 is 2.15 bits per heavy atom. The highest BCUT2D eigenvalue weighted by Gasteiger charge is 2.31. The van der Waals surface area contributed by atoms with Crippen LogP contribution in [0.4, 0.5) is 19.3 Å². The second-order valence-electron chi connectivity index (χ2n) is 6.80. The zero-order valence-corrected chi connectivity index (χ0v) is 14.6. The maximum atomic E-state index is 14.2. The van der Waals surface area contributed by atoms with Gasteiger partial charge < -0.3 is 14.5 Å². The molecule has 26 heavy (non-hydrogen) atoms. The number of hydrogen-bond donors (Lipinski definition) is 0. The van der Waals surface area contributed by atoms with Gasteiger partial charge in [-0.2, -0.15) is 4.39 Å².